The highest BCUT2D eigenvalue weighted by molar-refractivity contribution is 5.78. The van der Waals surface area contributed by atoms with Crippen LogP contribution in [-0.2, 0) is 4.79 Å². The van der Waals surface area contributed by atoms with E-state index < -0.39 is 0 Å². The molecule has 1 aliphatic heterocycles. The van der Waals surface area contributed by atoms with E-state index in [2.05, 4.69) is 20.2 Å². The lowest BCUT2D eigenvalue weighted by Gasteiger charge is -2.15. The molecule has 1 atom stereocenters. The summed E-state index contributed by atoms with van der Waals surface area (Å²) >= 11 is 0. The van der Waals surface area contributed by atoms with Crippen molar-refractivity contribution < 1.29 is 14.3 Å². The summed E-state index contributed by atoms with van der Waals surface area (Å²) in [5.74, 6) is 0.714. The molecule has 0 bridgehead atoms. The topological polar surface area (TPSA) is 76.6 Å². The molecule has 2 heterocycles. The number of hydrogen-bond donors (Lipinski definition) is 1. The van der Waals surface area contributed by atoms with Gasteiger partial charge in [-0.2, -0.15) is 9.97 Å². The SMILES string of the molecule is COc1cnc(OC2CCN(CC(=O)NC3CC3)C2)nc1. The molecule has 0 radical (unpaired) electrons. The summed E-state index contributed by atoms with van der Waals surface area (Å²) in [5.41, 5.74) is 0. The van der Waals surface area contributed by atoms with Gasteiger partial charge in [0.15, 0.2) is 5.75 Å². The van der Waals surface area contributed by atoms with Crippen LogP contribution in [0.3, 0.4) is 0 Å². The Balaban J connectivity index is 1.43. The molecule has 1 aromatic heterocycles. The van der Waals surface area contributed by atoms with Crippen LogP contribution in [0, 0.1) is 0 Å². The molecule has 1 aromatic rings. The number of nitrogens with zero attached hydrogens (tertiary/aromatic N) is 3. The standard InChI is InChI=1S/C14H20N4O3/c1-20-12-6-15-14(16-7-12)21-11-4-5-18(8-11)9-13(19)17-10-2-3-10/h6-7,10-11H,2-5,8-9H2,1H3,(H,17,19). The summed E-state index contributed by atoms with van der Waals surface area (Å²) in [6.07, 6.45) is 6.31. The first kappa shape index (κ1) is 14.1. The minimum absolute atomic E-state index is 0.0344. The van der Waals surface area contributed by atoms with Gasteiger partial charge < -0.3 is 14.8 Å². The molecule has 1 saturated heterocycles. The lowest BCUT2D eigenvalue weighted by molar-refractivity contribution is -0.122. The molecule has 0 aromatic carbocycles. The van der Waals surface area contributed by atoms with Gasteiger partial charge in [-0.25, -0.2) is 0 Å². The van der Waals surface area contributed by atoms with Crippen molar-refractivity contribution >= 4 is 5.91 Å². The fraction of sp³-hybridized carbons (Fsp3) is 0.643. The van der Waals surface area contributed by atoms with Crippen molar-refractivity contribution in [3.8, 4) is 11.8 Å². The van der Waals surface area contributed by atoms with E-state index in [4.69, 9.17) is 9.47 Å². The van der Waals surface area contributed by atoms with Gasteiger partial charge in [-0.15, -0.1) is 0 Å². The molecule has 2 aliphatic rings. The van der Waals surface area contributed by atoms with E-state index in [1.165, 1.54) is 0 Å². The Morgan fingerprint density at radius 3 is 2.81 bits per heavy atom. The summed E-state index contributed by atoms with van der Waals surface area (Å²) in [7, 11) is 1.57. The molecule has 1 saturated carbocycles. The van der Waals surface area contributed by atoms with Gasteiger partial charge in [0.25, 0.3) is 0 Å². The molecule has 7 heteroatoms. The Kier molecular flexibility index (Phi) is 4.19. The first-order valence-corrected chi connectivity index (χ1v) is 7.27. The fourth-order valence-electron chi connectivity index (χ4n) is 2.36. The highest BCUT2D eigenvalue weighted by Gasteiger charge is 2.28. The third-order valence-electron chi connectivity index (χ3n) is 3.65. The number of aromatic nitrogens is 2. The number of carbonyl (C=O) groups is 1. The number of ether oxygens (including phenoxy) is 2. The largest absolute Gasteiger partial charge is 0.494 e. The first-order valence-electron chi connectivity index (χ1n) is 7.27. The zero-order chi connectivity index (χ0) is 14.7. The molecule has 1 aliphatic carbocycles. The Morgan fingerprint density at radius 1 is 1.38 bits per heavy atom. The highest BCUT2D eigenvalue weighted by Crippen LogP contribution is 2.19. The number of nitrogens with one attached hydrogen (secondary N) is 1. The second-order valence-electron chi connectivity index (χ2n) is 5.51. The van der Waals surface area contributed by atoms with Crippen LogP contribution >= 0.6 is 0 Å². The zero-order valence-corrected chi connectivity index (χ0v) is 12.1. The molecule has 7 nitrogen and oxygen atoms in total. The van der Waals surface area contributed by atoms with Gasteiger partial charge in [0, 0.05) is 19.1 Å². The van der Waals surface area contributed by atoms with E-state index in [1.54, 1.807) is 19.5 Å². The van der Waals surface area contributed by atoms with Crippen molar-refractivity contribution in [1.82, 2.24) is 20.2 Å². The summed E-state index contributed by atoms with van der Waals surface area (Å²) in [6.45, 7) is 2.03. The maximum atomic E-state index is 11.8. The quantitative estimate of drug-likeness (QED) is 0.808. The molecule has 2 fully saturated rings. The van der Waals surface area contributed by atoms with Gasteiger partial charge in [0.1, 0.15) is 6.10 Å². The first-order chi connectivity index (χ1) is 10.2. The third-order valence-corrected chi connectivity index (χ3v) is 3.65. The van der Waals surface area contributed by atoms with E-state index in [0.29, 0.717) is 24.3 Å². The summed E-state index contributed by atoms with van der Waals surface area (Å²) in [5, 5.41) is 3.00. The maximum Gasteiger partial charge on any atom is 0.316 e. The van der Waals surface area contributed by atoms with Gasteiger partial charge in [-0.3, -0.25) is 9.69 Å². The number of rotatable bonds is 6. The minimum Gasteiger partial charge on any atom is -0.494 e. The number of hydrogen-bond acceptors (Lipinski definition) is 6. The fourth-order valence-corrected chi connectivity index (χ4v) is 2.36. The van der Waals surface area contributed by atoms with Gasteiger partial charge in [-0.1, -0.05) is 0 Å². The predicted molar refractivity (Wildman–Crippen MR) is 75.2 cm³/mol. The Labute approximate surface area is 123 Å². The van der Waals surface area contributed by atoms with Crippen LogP contribution in [0.15, 0.2) is 12.4 Å². The van der Waals surface area contributed by atoms with Crippen LogP contribution in [0.1, 0.15) is 19.3 Å². The van der Waals surface area contributed by atoms with Crippen LogP contribution in [-0.4, -0.2) is 59.7 Å². The van der Waals surface area contributed by atoms with Crippen LogP contribution in [0.2, 0.25) is 0 Å². The van der Waals surface area contributed by atoms with Crippen molar-refractivity contribution in [2.24, 2.45) is 0 Å². The van der Waals surface area contributed by atoms with E-state index in [9.17, 15) is 4.79 Å². The minimum atomic E-state index is 0.0344. The lowest BCUT2D eigenvalue weighted by Crippen LogP contribution is -2.37. The summed E-state index contributed by atoms with van der Waals surface area (Å²) in [4.78, 5) is 22.0. The number of carbonyl (C=O) groups excluding carboxylic acids is 1. The van der Waals surface area contributed by atoms with Crippen molar-refractivity contribution in [3.63, 3.8) is 0 Å². The average Bonchev–Trinajstić information content (AvgIpc) is 3.19. The highest BCUT2D eigenvalue weighted by atomic mass is 16.5. The van der Waals surface area contributed by atoms with Gasteiger partial charge in [0.2, 0.25) is 5.91 Å². The molecule has 3 rings (SSSR count). The van der Waals surface area contributed by atoms with Crippen LogP contribution in [0.25, 0.3) is 0 Å². The Bertz CT molecular complexity index is 489. The van der Waals surface area contributed by atoms with Crippen molar-refractivity contribution in [3.05, 3.63) is 12.4 Å². The molecule has 1 amide bonds. The van der Waals surface area contributed by atoms with Crippen molar-refractivity contribution in [2.75, 3.05) is 26.7 Å². The van der Waals surface area contributed by atoms with Gasteiger partial charge >= 0.3 is 6.01 Å². The van der Waals surface area contributed by atoms with Crippen molar-refractivity contribution in [2.45, 2.75) is 31.4 Å². The molecule has 0 spiro atoms. The van der Waals surface area contributed by atoms with Crippen LogP contribution < -0.4 is 14.8 Å². The second-order valence-corrected chi connectivity index (χ2v) is 5.51. The lowest BCUT2D eigenvalue weighted by atomic mass is 10.3. The van der Waals surface area contributed by atoms with E-state index in [-0.39, 0.29) is 12.0 Å². The van der Waals surface area contributed by atoms with Crippen LogP contribution in [0.4, 0.5) is 0 Å². The van der Waals surface area contributed by atoms with Crippen molar-refractivity contribution in [1.29, 1.82) is 0 Å². The molecule has 114 valence electrons. The average molecular weight is 292 g/mol. The molecule has 1 unspecified atom stereocenters. The summed E-state index contributed by atoms with van der Waals surface area (Å²) < 4.78 is 10.7. The molecular weight excluding hydrogens is 272 g/mol. The van der Waals surface area contributed by atoms with Crippen LogP contribution in [0.5, 0.6) is 11.8 Å². The van der Waals surface area contributed by atoms with E-state index in [0.717, 1.165) is 32.4 Å². The Morgan fingerprint density at radius 2 is 2.14 bits per heavy atom. The smallest absolute Gasteiger partial charge is 0.316 e. The zero-order valence-electron chi connectivity index (χ0n) is 12.1. The second kappa shape index (κ2) is 6.26. The van der Waals surface area contributed by atoms with E-state index in [1.807, 2.05) is 0 Å². The maximum absolute atomic E-state index is 11.8. The normalized spacial score (nSPS) is 22.0. The summed E-state index contributed by atoms with van der Waals surface area (Å²) in [6, 6.07) is 0.768. The Hall–Kier alpha value is -1.89. The predicted octanol–water partition coefficient (Wildman–Crippen LogP) is 0.217. The molecular formula is C14H20N4O3. The van der Waals surface area contributed by atoms with E-state index >= 15 is 0 Å². The molecule has 21 heavy (non-hydrogen) atoms. The monoisotopic (exact) mass is 292 g/mol. The number of amides is 1. The molecule has 1 N–H and O–H groups in total. The third kappa shape index (κ3) is 4.04. The number of likely N-dealkylation sites (tertiary alicyclic amines) is 1. The van der Waals surface area contributed by atoms with Gasteiger partial charge in [0.05, 0.1) is 26.0 Å². The van der Waals surface area contributed by atoms with Gasteiger partial charge in [-0.05, 0) is 19.3 Å². The number of methoxy groups -OCH3 is 1.